The van der Waals surface area contributed by atoms with Crippen LogP contribution in [0.5, 0.6) is 0 Å². The summed E-state index contributed by atoms with van der Waals surface area (Å²) in [5, 5.41) is 4.91. The Labute approximate surface area is 146 Å². The van der Waals surface area contributed by atoms with Crippen LogP contribution < -0.4 is 10.6 Å². The van der Waals surface area contributed by atoms with Gasteiger partial charge in [-0.15, -0.1) is 12.4 Å². The number of alkyl halides is 3. The number of carbonyl (C=O) groups is 1. The summed E-state index contributed by atoms with van der Waals surface area (Å²) in [5.74, 6) is -6.04. The van der Waals surface area contributed by atoms with Crippen molar-refractivity contribution < 1.29 is 31.1 Å². The Kier molecular flexibility index (Phi) is 7.51. The molecule has 0 saturated carbocycles. The van der Waals surface area contributed by atoms with Crippen LogP contribution in [0.3, 0.4) is 0 Å². The summed E-state index contributed by atoms with van der Waals surface area (Å²) < 4.78 is 78.5. The molecule has 1 amide bonds. The van der Waals surface area contributed by atoms with Crippen molar-refractivity contribution in [3.8, 4) is 0 Å². The molecule has 1 unspecified atom stereocenters. The lowest BCUT2D eigenvalue weighted by Crippen LogP contribution is -2.57. The molecule has 1 heterocycles. The highest BCUT2D eigenvalue weighted by Crippen LogP contribution is 2.25. The SMILES string of the molecule is Cl.O=C(NCC(N1CCNCC1)C(F)(F)F)c1cc(F)c(F)c(F)c1. The van der Waals surface area contributed by atoms with Crippen LogP contribution >= 0.6 is 12.4 Å². The Hall–Kier alpha value is -1.52. The Morgan fingerprint density at radius 2 is 1.68 bits per heavy atom. The largest absolute Gasteiger partial charge is 0.405 e. The van der Waals surface area contributed by atoms with Crippen LogP contribution in [0.2, 0.25) is 0 Å². The fourth-order valence-electron chi connectivity index (χ4n) is 2.42. The van der Waals surface area contributed by atoms with Crippen molar-refractivity contribution in [3.05, 3.63) is 35.1 Å². The molecule has 11 heteroatoms. The van der Waals surface area contributed by atoms with Crippen molar-refractivity contribution in [2.24, 2.45) is 0 Å². The predicted octanol–water partition coefficient (Wildman–Crippen LogP) is 2.09. The second kappa shape index (κ2) is 8.72. The van der Waals surface area contributed by atoms with Gasteiger partial charge < -0.3 is 10.6 Å². The number of hydrogen-bond acceptors (Lipinski definition) is 3. The van der Waals surface area contributed by atoms with E-state index in [1.54, 1.807) is 0 Å². The van der Waals surface area contributed by atoms with Gasteiger partial charge in [-0.2, -0.15) is 13.2 Å². The minimum atomic E-state index is -4.58. The van der Waals surface area contributed by atoms with Gasteiger partial charge in [-0.25, -0.2) is 13.2 Å². The van der Waals surface area contributed by atoms with Gasteiger partial charge in [0.15, 0.2) is 17.5 Å². The lowest BCUT2D eigenvalue weighted by atomic mass is 10.1. The summed E-state index contributed by atoms with van der Waals surface area (Å²) in [7, 11) is 0. The third-order valence-electron chi connectivity index (χ3n) is 3.67. The molecule has 1 aliphatic heterocycles. The summed E-state index contributed by atoms with van der Waals surface area (Å²) in [6.07, 6.45) is -4.58. The first-order valence-electron chi connectivity index (χ1n) is 7.14. The molecule has 142 valence electrons. The van der Waals surface area contributed by atoms with Crippen LogP contribution in [0.4, 0.5) is 26.3 Å². The molecular weight excluding hydrogens is 376 g/mol. The fourth-order valence-corrected chi connectivity index (χ4v) is 2.42. The number of nitrogens with zero attached hydrogens (tertiary/aromatic N) is 1. The fraction of sp³-hybridized carbons (Fsp3) is 0.500. The van der Waals surface area contributed by atoms with Crippen molar-refractivity contribution in [2.75, 3.05) is 32.7 Å². The zero-order valence-corrected chi connectivity index (χ0v) is 13.6. The Morgan fingerprint density at radius 1 is 1.16 bits per heavy atom. The normalized spacial score (nSPS) is 16.9. The summed E-state index contributed by atoms with van der Waals surface area (Å²) in [4.78, 5) is 13.0. The molecule has 1 aromatic rings. The molecule has 0 spiro atoms. The first kappa shape index (κ1) is 21.5. The third kappa shape index (κ3) is 5.48. The number of hydrogen-bond donors (Lipinski definition) is 2. The Morgan fingerprint density at radius 3 is 2.16 bits per heavy atom. The summed E-state index contributed by atoms with van der Waals surface area (Å²) in [5.41, 5.74) is -0.590. The zero-order chi connectivity index (χ0) is 17.9. The maximum Gasteiger partial charge on any atom is 0.405 e. The van der Waals surface area contributed by atoms with Gasteiger partial charge in [-0.05, 0) is 12.1 Å². The lowest BCUT2D eigenvalue weighted by Gasteiger charge is -2.35. The quantitative estimate of drug-likeness (QED) is 0.610. The van der Waals surface area contributed by atoms with Crippen molar-refractivity contribution in [1.82, 2.24) is 15.5 Å². The molecule has 0 aromatic heterocycles. The number of carbonyl (C=O) groups excluding carboxylic acids is 1. The van der Waals surface area contributed by atoms with Crippen molar-refractivity contribution in [2.45, 2.75) is 12.2 Å². The van der Waals surface area contributed by atoms with E-state index in [-0.39, 0.29) is 25.5 Å². The van der Waals surface area contributed by atoms with E-state index in [1.807, 2.05) is 5.32 Å². The van der Waals surface area contributed by atoms with Gasteiger partial charge in [0.05, 0.1) is 0 Å². The van der Waals surface area contributed by atoms with Gasteiger partial charge in [-0.3, -0.25) is 9.69 Å². The molecule has 0 aliphatic carbocycles. The second-order valence-corrected chi connectivity index (χ2v) is 5.31. The van der Waals surface area contributed by atoms with Gasteiger partial charge in [0, 0.05) is 38.3 Å². The molecule has 25 heavy (non-hydrogen) atoms. The summed E-state index contributed by atoms with van der Waals surface area (Å²) in [6.45, 7) is 0.298. The van der Waals surface area contributed by atoms with E-state index in [9.17, 15) is 31.1 Å². The van der Waals surface area contributed by atoms with Crippen LogP contribution in [0.25, 0.3) is 0 Å². The molecule has 1 aromatic carbocycles. The van der Waals surface area contributed by atoms with Gasteiger partial charge in [-0.1, -0.05) is 0 Å². The highest BCUT2D eigenvalue weighted by Gasteiger charge is 2.43. The van der Waals surface area contributed by atoms with Gasteiger partial charge in [0.25, 0.3) is 5.91 Å². The van der Waals surface area contributed by atoms with Crippen LogP contribution in [-0.4, -0.2) is 55.7 Å². The monoisotopic (exact) mass is 391 g/mol. The lowest BCUT2D eigenvalue weighted by molar-refractivity contribution is -0.183. The molecule has 1 saturated heterocycles. The minimum absolute atomic E-state index is 0. The third-order valence-corrected chi connectivity index (χ3v) is 3.67. The maximum absolute atomic E-state index is 13.2. The number of amides is 1. The average Bonchev–Trinajstić information content (AvgIpc) is 2.51. The molecule has 2 rings (SSSR count). The van der Waals surface area contributed by atoms with Crippen molar-refractivity contribution >= 4 is 18.3 Å². The number of nitrogens with one attached hydrogen (secondary N) is 2. The first-order chi connectivity index (χ1) is 11.2. The predicted molar refractivity (Wildman–Crippen MR) is 80.2 cm³/mol. The van der Waals surface area contributed by atoms with Crippen molar-refractivity contribution in [1.29, 1.82) is 0 Å². The Balaban J connectivity index is 0.00000312. The molecule has 1 aliphatic rings. The Bertz CT molecular complexity index is 584. The van der Waals surface area contributed by atoms with E-state index >= 15 is 0 Å². The second-order valence-electron chi connectivity index (χ2n) is 5.31. The number of halogens is 7. The summed E-state index contributed by atoms with van der Waals surface area (Å²) >= 11 is 0. The molecule has 1 atom stereocenters. The standard InChI is InChI=1S/C14H15F6N3O.ClH/c15-9-5-8(6-10(16)12(9)17)13(24)22-7-11(14(18,19)20)23-3-1-21-2-4-23;/h5-6,11,21H,1-4,7H2,(H,22,24);1H. The topological polar surface area (TPSA) is 44.4 Å². The van der Waals surface area contributed by atoms with Gasteiger partial charge in [0.1, 0.15) is 6.04 Å². The van der Waals surface area contributed by atoms with Crippen LogP contribution in [0, 0.1) is 17.5 Å². The average molecular weight is 392 g/mol. The minimum Gasteiger partial charge on any atom is -0.350 e. The van der Waals surface area contributed by atoms with E-state index in [4.69, 9.17) is 0 Å². The van der Waals surface area contributed by atoms with Gasteiger partial charge in [0.2, 0.25) is 0 Å². The highest BCUT2D eigenvalue weighted by molar-refractivity contribution is 5.94. The zero-order valence-electron chi connectivity index (χ0n) is 12.8. The maximum atomic E-state index is 13.2. The van der Waals surface area contributed by atoms with E-state index in [1.165, 1.54) is 4.90 Å². The molecule has 0 radical (unpaired) electrons. The van der Waals surface area contributed by atoms with Crippen LogP contribution in [-0.2, 0) is 0 Å². The van der Waals surface area contributed by atoms with E-state index < -0.39 is 47.7 Å². The highest BCUT2D eigenvalue weighted by atomic mass is 35.5. The number of rotatable bonds is 4. The molecule has 2 N–H and O–H groups in total. The first-order valence-corrected chi connectivity index (χ1v) is 7.14. The number of benzene rings is 1. The van der Waals surface area contributed by atoms with Crippen molar-refractivity contribution in [3.63, 3.8) is 0 Å². The van der Waals surface area contributed by atoms with E-state index in [0.717, 1.165) is 0 Å². The molecular formula is C14H16ClF6N3O. The molecule has 4 nitrogen and oxygen atoms in total. The van der Waals surface area contributed by atoms with Crippen LogP contribution in [0.15, 0.2) is 12.1 Å². The van der Waals surface area contributed by atoms with Crippen LogP contribution in [0.1, 0.15) is 10.4 Å². The summed E-state index contributed by atoms with van der Waals surface area (Å²) in [6, 6.07) is -1.05. The molecule has 0 bridgehead atoms. The molecule has 1 fully saturated rings. The number of piperazine rings is 1. The van der Waals surface area contributed by atoms with Gasteiger partial charge >= 0.3 is 6.18 Å². The smallest absolute Gasteiger partial charge is 0.350 e. The van der Waals surface area contributed by atoms with E-state index in [0.29, 0.717) is 25.2 Å². The van der Waals surface area contributed by atoms with E-state index in [2.05, 4.69) is 5.32 Å².